The zero-order valence-electron chi connectivity index (χ0n) is 13.6. The van der Waals surface area contributed by atoms with E-state index in [4.69, 9.17) is 21.1 Å². The number of halogens is 1. The SMILES string of the molecule is Cc1ccccc1-n1cnnc1SCc1cc(Cl)c2c(c1)OCCO2. The molecule has 0 bridgehead atoms. The highest BCUT2D eigenvalue weighted by atomic mass is 35.5. The first-order valence-corrected chi connectivity index (χ1v) is 9.25. The average Bonchev–Trinajstić information content (AvgIpc) is 3.09. The normalized spacial score (nSPS) is 13.0. The van der Waals surface area contributed by atoms with Crippen molar-refractivity contribution in [1.82, 2.24) is 14.8 Å². The van der Waals surface area contributed by atoms with E-state index in [2.05, 4.69) is 29.3 Å². The van der Waals surface area contributed by atoms with E-state index < -0.39 is 0 Å². The van der Waals surface area contributed by atoms with E-state index in [1.807, 2.05) is 28.8 Å². The number of benzene rings is 2. The number of ether oxygens (including phenoxy) is 2. The van der Waals surface area contributed by atoms with Crippen molar-refractivity contribution in [1.29, 1.82) is 0 Å². The first kappa shape index (κ1) is 16.3. The van der Waals surface area contributed by atoms with Gasteiger partial charge in [0.25, 0.3) is 0 Å². The molecule has 0 N–H and O–H groups in total. The molecule has 128 valence electrons. The zero-order chi connectivity index (χ0) is 17.2. The largest absolute Gasteiger partial charge is 0.486 e. The maximum absolute atomic E-state index is 6.31. The van der Waals surface area contributed by atoms with Crippen molar-refractivity contribution in [2.24, 2.45) is 0 Å². The predicted molar refractivity (Wildman–Crippen MR) is 98.1 cm³/mol. The summed E-state index contributed by atoms with van der Waals surface area (Å²) in [6.07, 6.45) is 1.74. The molecule has 0 atom stereocenters. The summed E-state index contributed by atoms with van der Waals surface area (Å²) in [4.78, 5) is 0. The summed E-state index contributed by atoms with van der Waals surface area (Å²) in [6.45, 7) is 3.15. The third-order valence-electron chi connectivity index (χ3n) is 3.92. The van der Waals surface area contributed by atoms with Crippen molar-refractivity contribution in [2.45, 2.75) is 17.8 Å². The number of aryl methyl sites for hydroxylation is 1. The van der Waals surface area contributed by atoms with E-state index in [-0.39, 0.29) is 0 Å². The fourth-order valence-electron chi connectivity index (χ4n) is 2.72. The average molecular weight is 374 g/mol. The molecule has 2 heterocycles. The zero-order valence-corrected chi connectivity index (χ0v) is 15.2. The van der Waals surface area contributed by atoms with Crippen LogP contribution < -0.4 is 9.47 Å². The van der Waals surface area contributed by atoms with E-state index in [1.54, 1.807) is 18.1 Å². The van der Waals surface area contributed by atoms with Crippen molar-refractivity contribution in [3.63, 3.8) is 0 Å². The third-order valence-corrected chi connectivity index (χ3v) is 5.21. The fraction of sp³-hybridized carbons (Fsp3) is 0.222. The number of para-hydroxylation sites is 1. The molecule has 4 rings (SSSR count). The molecule has 0 aliphatic carbocycles. The second kappa shape index (κ2) is 6.98. The molecule has 0 unspecified atom stereocenters. The lowest BCUT2D eigenvalue weighted by Gasteiger charge is -2.20. The molecule has 0 spiro atoms. The van der Waals surface area contributed by atoms with Crippen molar-refractivity contribution < 1.29 is 9.47 Å². The van der Waals surface area contributed by atoms with Crippen LogP contribution in [0.25, 0.3) is 5.69 Å². The summed E-state index contributed by atoms with van der Waals surface area (Å²) in [5, 5.41) is 9.72. The second-order valence-electron chi connectivity index (χ2n) is 5.66. The summed E-state index contributed by atoms with van der Waals surface area (Å²) in [5.74, 6) is 2.04. The quantitative estimate of drug-likeness (QED) is 0.638. The predicted octanol–water partition coefficient (Wildman–Crippen LogP) is 4.29. The van der Waals surface area contributed by atoms with Gasteiger partial charge in [-0.25, -0.2) is 0 Å². The van der Waals surface area contributed by atoms with Gasteiger partial charge in [0.2, 0.25) is 0 Å². The molecule has 1 aliphatic heterocycles. The molecule has 0 amide bonds. The second-order valence-corrected chi connectivity index (χ2v) is 7.01. The number of thioether (sulfide) groups is 1. The van der Waals surface area contributed by atoms with Crippen LogP contribution in [-0.2, 0) is 5.75 Å². The smallest absolute Gasteiger partial charge is 0.195 e. The van der Waals surface area contributed by atoms with Crippen molar-refractivity contribution in [3.8, 4) is 17.2 Å². The van der Waals surface area contributed by atoms with E-state index in [0.717, 1.165) is 16.4 Å². The van der Waals surface area contributed by atoms with Crippen LogP contribution in [0.2, 0.25) is 5.02 Å². The Hall–Kier alpha value is -2.18. The molecule has 0 radical (unpaired) electrons. The lowest BCUT2D eigenvalue weighted by Crippen LogP contribution is -2.15. The first-order valence-electron chi connectivity index (χ1n) is 7.89. The molecular weight excluding hydrogens is 358 g/mol. The minimum absolute atomic E-state index is 0.528. The maximum atomic E-state index is 6.31. The Bertz CT molecular complexity index is 913. The highest BCUT2D eigenvalue weighted by molar-refractivity contribution is 7.98. The lowest BCUT2D eigenvalue weighted by molar-refractivity contribution is 0.171. The van der Waals surface area contributed by atoms with Gasteiger partial charge < -0.3 is 9.47 Å². The van der Waals surface area contributed by atoms with Gasteiger partial charge >= 0.3 is 0 Å². The van der Waals surface area contributed by atoms with Crippen LogP contribution in [0.15, 0.2) is 47.9 Å². The van der Waals surface area contributed by atoms with Crippen molar-refractivity contribution in [2.75, 3.05) is 13.2 Å². The Morgan fingerprint density at radius 2 is 2.04 bits per heavy atom. The Balaban J connectivity index is 1.56. The van der Waals surface area contributed by atoms with Crippen molar-refractivity contribution in [3.05, 3.63) is 58.9 Å². The minimum atomic E-state index is 0.528. The Labute approximate surface area is 154 Å². The summed E-state index contributed by atoms with van der Waals surface area (Å²) in [6, 6.07) is 12.1. The molecular formula is C18H16ClN3O2S. The van der Waals surface area contributed by atoms with E-state index >= 15 is 0 Å². The van der Waals surface area contributed by atoms with Crippen LogP contribution in [0.1, 0.15) is 11.1 Å². The van der Waals surface area contributed by atoms with E-state index in [0.29, 0.717) is 35.5 Å². The number of rotatable bonds is 4. The summed E-state index contributed by atoms with van der Waals surface area (Å²) in [5.41, 5.74) is 3.31. The number of hydrogen-bond donors (Lipinski definition) is 0. The molecule has 25 heavy (non-hydrogen) atoms. The van der Waals surface area contributed by atoms with Gasteiger partial charge in [-0.2, -0.15) is 0 Å². The van der Waals surface area contributed by atoms with E-state index in [1.165, 1.54) is 5.56 Å². The highest BCUT2D eigenvalue weighted by Crippen LogP contribution is 2.39. The minimum Gasteiger partial charge on any atom is -0.486 e. The van der Waals surface area contributed by atoms with Gasteiger partial charge in [-0.3, -0.25) is 4.57 Å². The molecule has 2 aromatic carbocycles. The molecule has 0 saturated heterocycles. The van der Waals surface area contributed by atoms with Crippen LogP contribution in [0, 0.1) is 6.92 Å². The Morgan fingerprint density at radius 1 is 1.20 bits per heavy atom. The van der Waals surface area contributed by atoms with Gasteiger partial charge in [0.05, 0.1) is 10.7 Å². The molecule has 1 aliphatic rings. The molecule has 7 heteroatoms. The highest BCUT2D eigenvalue weighted by Gasteiger charge is 2.17. The molecule has 0 saturated carbocycles. The summed E-state index contributed by atoms with van der Waals surface area (Å²) in [7, 11) is 0. The fourth-order valence-corrected chi connectivity index (χ4v) is 3.86. The van der Waals surface area contributed by atoms with Crippen molar-refractivity contribution >= 4 is 23.4 Å². The lowest BCUT2D eigenvalue weighted by atomic mass is 10.2. The van der Waals surface area contributed by atoms with Crippen LogP contribution in [0.4, 0.5) is 0 Å². The Kier molecular flexibility index (Phi) is 4.55. The summed E-state index contributed by atoms with van der Waals surface area (Å²) < 4.78 is 13.2. The standard InChI is InChI=1S/C18H16ClN3O2S/c1-12-4-2-3-5-15(12)22-11-20-21-18(22)25-10-13-8-14(19)17-16(9-13)23-6-7-24-17/h2-5,8-9,11H,6-7,10H2,1H3. The number of hydrogen-bond acceptors (Lipinski definition) is 5. The van der Waals surface area contributed by atoms with Crippen LogP contribution in [0.5, 0.6) is 11.5 Å². The van der Waals surface area contributed by atoms with E-state index in [9.17, 15) is 0 Å². The third kappa shape index (κ3) is 3.32. The first-order chi connectivity index (χ1) is 12.2. The van der Waals surface area contributed by atoms with Gasteiger partial charge in [-0.1, -0.05) is 41.6 Å². The maximum Gasteiger partial charge on any atom is 0.195 e. The monoisotopic (exact) mass is 373 g/mol. The number of aromatic nitrogens is 3. The van der Waals surface area contributed by atoms with Gasteiger partial charge in [0.1, 0.15) is 19.5 Å². The van der Waals surface area contributed by atoms with Crippen LogP contribution in [0.3, 0.4) is 0 Å². The number of fused-ring (bicyclic) bond motifs is 1. The molecule has 1 aromatic heterocycles. The van der Waals surface area contributed by atoms with Crippen LogP contribution in [-0.4, -0.2) is 28.0 Å². The van der Waals surface area contributed by atoms with Gasteiger partial charge in [-0.05, 0) is 36.2 Å². The topological polar surface area (TPSA) is 49.2 Å². The molecule has 3 aromatic rings. The summed E-state index contributed by atoms with van der Waals surface area (Å²) >= 11 is 7.91. The Morgan fingerprint density at radius 3 is 2.92 bits per heavy atom. The van der Waals surface area contributed by atoms with Crippen LogP contribution >= 0.6 is 23.4 Å². The molecule has 5 nitrogen and oxygen atoms in total. The number of nitrogens with zero attached hydrogens (tertiary/aromatic N) is 3. The van der Waals surface area contributed by atoms with Gasteiger partial charge in [-0.15, -0.1) is 10.2 Å². The van der Waals surface area contributed by atoms with Gasteiger partial charge in [0, 0.05) is 5.75 Å². The van der Waals surface area contributed by atoms with Gasteiger partial charge in [0.15, 0.2) is 16.7 Å². The molecule has 0 fully saturated rings.